The van der Waals surface area contributed by atoms with Gasteiger partial charge in [0.05, 0.1) is 17.0 Å². The predicted molar refractivity (Wildman–Crippen MR) is 138 cm³/mol. The molecule has 0 atom stereocenters. The zero-order valence-electron chi connectivity index (χ0n) is 20.3. The quantitative estimate of drug-likeness (QED) is 0.331. The molecule has 6 heteroatoms. The number of nitrogens with zero attached hydrogens (tertiary/aromatic N) is 3. The SMILES string of the molecule is C=C(C)Cn1c(SCC(=O)N2CCCCC2)nc2c(c1=O)C1(CCCCC1)Cc1ccccc1-2. The lowest BCUT2D eigenvalue weighted by Gasteiger charge is -2.42. The van der Waals surface area contributed by atoms with Crippen LogP contribution in [0, 0.1) is 0 Å². The lowest BCUT2D eigenvalue weighted by molar-refractivity contribution is -0.129. The summed E-state index contributed by atoms with van der Waals surface area (Å²) in [7, 11) is 0. The zero-order valence-corrected chi connectivity index (χ0v) is 21.1. The fraction of sp³-hybridized carbons (Fsp3) is 0.536. The van der Waals surface area contributed by atoms with Crippen LogP contribution in [-0.2, 0) is 23.2 Å². The number of benzene rings is 1. The minimum Gasteiger partial charge on any atom is -0.342 e. The monoisotopic (exact) mass is 477 g/mol. The summed E-state index contributed by atoms with van der Waals surface area (Å²) in [4.78, 5) is 34.2. The predicted octanol–water partition coefficient (Wildman–Crippen LogP) is 5.35. The molecule has 5 rings (SSSR count). The largest absolute Gasteiger partial charge is 0.342 e. The van der Waals surface area contributed by atoms with Crippen LogP contribution in [0.4, 0.5) is 0 Å². The number of piperidine rings is 1. The molecule has 1 aliphatic heterocycles. The van der Waals surface area contributed by atoms with E-state index in [2.05, 4.69) is 24.8 Å². The van der Waals surface area contributed by atoms with E-state index in [1.165, 1.54) is 30.2 Å². The summed E-state index contributed by atoms with van der Waals surface area (Å²) in [6.45, 7) is 8.15. The molecule has 2 aromatic rings. The summed E-state index contributed by atoms with van der Waals surface area (Å²) >= 11 is 1.41. The van der Waals surface area contributed by atoms with E-state index in [0.717, 1.165) is 80.4 Å². The summed E-state index contributed by atoms with van der Waals surface area (Å²) in [6, 6.07) is 8.43. The van der Waals surface area contributed by atoms with Gasteiger partial charge in [0, 0.05) is 30.6 Å². The van der Waals surface area contributed by atoms with Crippen LogP contribution < -0.4 is 5.56 Å². The summed E-state index contributed by atoms with van der Waals surface area (Å²) in [6.07, 6.45) is 9.89. The van der Waals surface area contributed by atoms with Gasteiger partial charge >= 0.3 is 0 Å². The van der Waals surface area contributed by atoms with Gasteiger partial charge in [-0.2, -0.15) is 0 Å². The van der Waals surface area contributed by atoms with Crippen molar-refractivity contribution in [1.82, 2.24) is 14.5 Å². The van der Waals surface area contributed by atoms with Gasteiger partial charge < -0.3 is 4.90 Å². The molecule has 0 bridgehead atoms. The topological polar surface area (TPSA) is 55.2 Å². The van der Waals surface area contributed by atoms with Crippen molar-refractivity contribution >= 4 is 17.7 Å². The van der Waals surface area contributed by atoms with Gasteiger partial charge in [-0.15, -0.1) is 0 Å². The number of thioether (sulfide) groups is 1. The Morgan fingerprint density at radius 2 is 1.79 bits per heavy atom. The smallest absolute Gasteiger partial charge is 0.258 e. The molecule has 34 heavy (non-hydrogen) atoms. The molecule has 1 saturated carbocycles. The molecule has 2 heterocycles. The molecule has 1 spiro atoms. The fourth-order valence-corrected chi connectivity index (χ4v) is 7.00. The van der Waals surface area contributed by atoms with Crippen LogP contribution >= 0.6 is 11.8 Å². The van der Waals surface area contributed by atoms with Gasteiger partial charge in [-0.25, -0.2) is 4.98 Å². The highest BCUT2D eigenvalue weighted by molar-refractivity contribution is 7.99. The Bertz CT molecular complexity index is 1160. The Kier molecular flexibility index (Phi) is 6.70. The third kappa shape index (κ3) is 4.37. The Labute approximate surface area is 206 Å². The maximum absolute atomic E-state index is 14.2. The molecule has 0 unspecified atom stereocenters. The van der Waals surface area contributed by atoms with Crippen LogP contribution in [0.5, 0.6) is 0 Å². The molecule has 5 nitrogen and oxygen atoms in total. The van der Waals surface area contributed by atoms with Gasteiger partial charge in [0.25, 0.3) is 5.56 Å². The lowest BCUT2D eigenvalue weighted by Crippen LogP contribution is -2.43. The van der Waals surface area contributed by atoms with E-state index >= 15 is 0 Å². The van der Waals surface area contributed by atoms with Crippen molar-refractivity contribution in [3.63, 3.8) is 0 Å². The molecule has 1 amide bonds. The first-order chi connectivity index (χ1) is 16.5. The van der Waals surface area contributed by atoms with E-state index < -0.39 is 0 Å². The highest BCUT2D eigenvalue weighted by Crippen LogP contribution is 2.48. The van der Waals surface area contributed by atoms with Crippen molar-refractivity contribution in [2.45, 2.75) is 81.8 Å². The molecule has 2 aliphatic carbocycles. The molecule has 0 radical (unpaired) electrons. The summed E-state index contributed by atoms with van der Waals surface area (Å²) in [5.41, 5.74) is 4.98. The number of amides is 1. The molecule has 1 aromatic carbocycles. The molecular weight excluding hydrogens is 442 g/mol. The standard InChI is InChI=1S/C28H35N3O2S/c1-20(2)18-31-26(33)24-25(29-27(31)34-19-23(32)30-15-9-4-10-16-30)22-12-6-5-11-21(22)17-28(24)13-7-3-8-14-28/h5-6,11-12H,1,3-4,7-10,13-19H2,2H3. The van der Waals surface area contributed by atoms with Crippen molar-refractivity contribution < 1.29 is 4.79 Å². The van der Waals surface area contributed by atoms with Gasteiger partial charge in [0.15, 0.2) is 5.16 Å². The maximum atomic E-state index is 14.2. The van der Waals surface area contributed by atoms with Gasteiger partial charge in [-0.05, 0) is 51.0 Å². The Morgan fingerprint density at radius 1 is 1.09 bits per heavy atom. The number of likely N-dealkylation sites (tertiary alicyclic amines) is 1. The second kappa shape index (κ2) is 9.73. The highest BCUT2D eigenvalue weighted by atomic mass is 32.2. The lowest BCUT2D eigenvalue weighted by atomic mass is 9.62. The maximum Gasteiger partial charge on any atom is 0.258 e. The van der Waals surface area contributed by atoms with Crippen LogP contribution in [0.15, 0.2) is 46.4 Å². The van der Waals surface area contributed by atoms with E-state index in [1.54, 1.807) is 4.57 Å². The molecule has 180 valence electrons. The molecular formula is C28H35N3O2S. The molecule has 3 aliphatic rings. The van der Waals surface area contributed by atoms with E-state index in [1.807, 2.05) is 17.9 Å². The normalized spacial score (nSPS) is 18.9. The summed E-state index contributed by atoms with van der Waals surface area (Å²) in [5.74, 6) is 0.455. The molecule has 0 N–H and O–H groups in total. The van der Waals surface area contributed by atoms with Crippen LogP contribution in [0.3, 0.4) is 0 Å². The van der Waals surface area contributed by atoms with Gasteiger partial charge in [0.1, 0.15) is 0 Å². The third-order valence-electron chi connectivity index (χ3n) is 7.74. The molecule has 2 fully saturated rings. The molecule has 1 saturated heterocycles. The first-order valence-electron chi connectivity index (χ1n) is 12.8. The molecule has 1 aromatic heterocycles. The van der Waals surface area contributed by atoms with Gasteiger partial charge in [-0.3, -0.25) is 14.2 Å². The summed E-state index contributed by atoms with van der Waals surface area (Å²) < 4.78 is 1.79. The average molecular weight is 478 g/mol. The van der Waals surface area contributed by atoms with E-state index in [9.17, 15) is 9.59 Å². The van der Waals surface area contributed by atoms with Crippen LogP contribution in [-0.4, -0.2) is 39.2 Å². The minimum absolute atomic E-state index is 0.0670. The second-order valence-electron chi connectivity index (χ2n) is 10.4. The first kappa shape index (κ1) is 23.4. The number of aromatic nitrogens is 2. The number of hydrogen-bond acceptors (Lipinski definition) is 4. The Hall–Kier alpha value is -2.34. The Balaban J connectivity index is 1.59. The van der Waals surface area contributed by atoms with Gasteiger partial charge in [-0.1, -0.05) is 67.4 Å². The number of allylic oxidation sites excluding steroid dienone is 1. The van der Waals surface area contributed by atoms with Crippen LogP contribution in [0.2, 0.25) is 0 Å². The van der Waals surface area contributed by atoms with Crippen molar-refractivity contribution in [3.05, 3.63) is 57.9 Å². The number of rotatable bonds is 5. The number of fused-ring (bicyclic) bond motifs is 4. The zero-order chi connectivity index (χ0) is 23.7. The van der Waals surface area contributed by atoms with Crippen LogP contribution in [0.1, 0.15) is 69.4 Å². The van der Waals surface area contributed by atoms with E-state index in [0.29, 0.717) is 17.5 Å². The summed E-state index contributed by atoms with van der Waals surface area (Å²) in [5, 5.41) is 0.639. The van der Waals surface area contributed by atoms with E-state index in [4.69, 9.17) is 4.98 Å². The van der Waals surface area contributed by atoms with Crippen molar-refractivity contribution in [3.8, 4) is 11.3 Å². The van der Waals surface area contributed by atoms with Crippen molar-refractivity contribution in [2.24, 2.45) is 0 Å². The minimum atomic E-state index is -0.129. The number of carbonyl (C=O) groups is 1. The third-order valence-corrected chi connectivity index (χ3v) is 8.70. The average Bonchev–Trinajstić information content (AvgIpc) is 2.85. The fourth-order valence-electron chi connectivity index (χ4n) is 6.10. The second-order valence-corrected chi connectivity index (χ2v) is 11.3. The van der Waals surface area contributed by atoms with Crippen molar-refractivity contribution in [1.29, 1.82) is 0 Å². The number of carbonyl (C=O) groups excluding carboxylic acids is 1. The highest BCUT2D eigenvalue weighted by Gasteiger charge is 2.43. The van der Waals surface area contributed by atoms with Crippen LogP contribution in [0.25, 0.3) is 11.3 Å². The number of hydrogen-bond donors (Lipinski definition) is 0. The first-order valence-corrected chi connectivity index (χ1v) is 13.8. The van der Waals surface area contributed by atoms with Crippen molar-refractivity contribution in [2.75, 3.05) is 18.8 Å². The van der Waals surface area contributed by atoms with E-state index in [-0.39, 0.29) is 16.9 Å². The Morgan fingerprint density at radius 3 is 2.53 bits per heavy atom. The van der Waals surface area contributed by atoms with Gasteiger partial charge in [0.2, 0.25) is 5.91 Å².